The Morgan fingerprint density at radius 3 is 2.48 bits per heavy atom. The molecule has 1 aromatic carbocycles. The van der Waals surface area contributed by atoms with E-state index in [1.54, 1.807) is 7.05 Å². The molecule has 130 valence electrons. The second kappa shape index (κ2) is 5.34. The summed E-state index contributed by atoms with van der Waals surface area (Å²) in [5, 5.41) is 0. The zero-order valence-electron chi connectivity index (χ0n) is 14.8. The zero-order valence-corrected chi connectivity index (χ0v) is 14.8. The number of imidazole rings is 1. The number of rotatable bonds is 1. The van der Waals surface area contributed by atoms with Crippen molar-refractivity contribution in [2.75, 3.05) is 11.4 Å². The fourth-order valence-corrected chi connectivity index (χ4v) is 3.69. The van der Waals surface area contributed by atoms with Crippen molar-refractivity contribution in [1.29, 1.82) is 0 Å². The van der Waals surface area contributed by atoms with Gasteiger partial charge in [0.25, 0.3) is 5.56 Å². The zero-order chi connectivity index (χ0) is 17.9. The van der Waals surface area contributed by atoms with E-state index in [9.17, 15) is 9.59 Å². The number of hydrogen-bond donors (Lipinski definition) is 1. The Bertz CT molecular complexity index is 1080. The molecule has 1 atom stereocenters. The average molecular weight is 339 g/mol. The van der Waals surface area contributed by atoms with Crippen LogP contribution in [0.15, 0.2) is 27.8 Å². The molecule has 0 aliphatic carbocycles. The van der Waals surface area contributed by atoms with Crippen LogP contribution in [0.25, 0.3) is 11.2 Å². The van der Waals surface area contributed by atoms with Crippen molar-refractivity contribution in [3.8, 4) is 0 Å². The van der Waals surface area contributed by atoms with Crippen LogP contribution in [0.4, 0.5) is 11.6 Å². The topological polar surface area (TPSA) is 75.9 Å². The summed E-state index contributed by atoms with van der Waals surface area (Å²) >= 11 is 0. The quantitative estimate of drug-likeness (QED) is 0.734. The largest absolute Gasteiger partial charge is 0.329 e. The number of H-pyrrole nitrogens is 1. The van der Waals surface area contributed by atoms with Crippen LogP contribution in [0, 0.1) is 19.8 Å². The Hall–Kier alpha value is -2.83. The first-order chi connectivity index (χ1) is 11.8. The molecule has 1 aliphatic heterocycles. The van der Waals surface area contributed by atoms with Gasteiger partial charge < -0.3 is 9.47 Å². The van der Waals surface area contributed by atoms with Crippen molar-refractivity contribution in [3.05, 3.63) is 50.2 Å². The van der Waals surface area contributed by atoms with Crippen LogP contribution in [0.2, 0.25) is 0 Å². The monoisotopic (exact) mass is 339 g/mol. The van der Waals surface area contributed by atoms with E-state index in [0.717, 1.165) is 12.2 Å². The lowest BCUT2D eigenvalue weighted by Gasteiger charge is -2.33. The number of aryl methyl sites for hydroxylation is 3. The molecule has 25 heavy (non-hydrogen) atoms. The van der Waals surface area contributed by atoms with E-state index >= 15 is 0 Å². The lowest BCUT2D eigenvalue weighted by Crippen LogP contribution is -2.35. The molecular formula is C18H21N5O2. The lowest BCUT2D eigenvalue weighted by atomic mass is 10.1. The van der Waals surface area contributed by atoms with Crippen LogP contribution < -0.4 is 16.1 Å². The molecule has 0 radical (unpaired) electrons. The van der Waals surface area contributed by atoms with E-state index in [1.807, 2.05) is 4.57 Å². The second-order valence-corrected chi connectivity index (χ2v) is 7.07. The summed E-state index contributed by atoms with van der Waals surface area (Å²) in [4.78, 5) is 33.5. The first-order valence-electron chi connectivity index (χ1n) is 8.40. The standard InChI is InChI=1S/C18H21N5O2/c1-10-5-11(2)7-13(6-10)22-8-12(3)9-23-14-15(19-17(22)23)21(4)18(25)20-16(14)24/h5-7,12H,8-9H2,1-4H3,(H,20,24,25)/t12-/m1/s1. The van der Waals surface area contributed by atoms with Gasteiger partial charge in [-0.15, -0.1) is 0 Å². The maximum atomic E-state index is 12.4. The first-order valence-corrected chi connectivity index (χ1v) is 8.40. The van der Waals surface area contributed by atoms with Crippen LogP contribution in [-0.2, 0) is 13.6 Å². The summed E-state index contributed by atoms with van der Waals surface area (Å²) in [5.41, 5.74) is 3.47. The third-order valence-electron chi connectivity index (χ3n) is 4.73. The van der Waals surface area contributed by atoms with Crippen LogP contribution in [0.3, 0.4) is 0 Å². The Labute approximate surface area is 144 Å². The van der Waals surface area contributed by atoms with Crippen LogP contribution in [-0.4, -0.2) is 25.6 Å². The Balaban J connectivity index is 2.02. The van der Waals surface area contributed by atoms with E-state index < -0.39 is 5.69 Å². The number of aromatic nitrogens is 4. The van der Waals surface area contributed by atoms with Gasteiger partial charge in [0.15, 0.2) is 11.2 Å². The molecule has 3 heterocycles. The van der Waals surface area contributed by atoms with Crippen molar-refractivity contribution in [2.24, 2.45) is 13.0 Å². The summed E-state index contributed by atoms with van der Waals surface area (Å²) in [6, 6.07) is 6.38. The predicted octanol–water partition coefficient (Wildman–Crippen LogP) is 1.83. The molecule has 0 fully saturated rings. The molecule has 2 aromatic heterocycles. The molecule has 1 N–H and O–H groups in total. The smallest absolute Gasteiger partial charge is 0.312 e. The van der Waals surface area contributed by atoms with Gasteiger partial charge in [-0.25, -0.2) is 4.79 Å². The summed E-state index contributed by atoms with van der Waals surface area (Å²) in [6.45, 7) is 7.82. The third kappa shape index (κ3) is 2.38. The third-order valence-corrected chi connectivity index (χ3v) is 4.73. The van der Waals surface area contributed by atoms with Gasteiger partial charge in [-0.1, -0.05) is 13.0 Å². The maximum Gasteiger partial charge on any atom is 0.329 e. The van der Waals surface area contributed by atoms with Gasteiger partial charge in [-0.3, -0.25) is 14.3 Å². The molecule has 4 rings (SSSR count). The summed E-state index contributed by atoms with van der Waals surface area (Å²) in [6.07, 6.45) is 0. The highest BCUT2D eigenvalue weighted by molar-refractivity contribution is 5.77. The summed E-state index contributed by atoms with van der Waals surface area (Å²) < 4.78 is 3.33. The molecule has 7 heteroatoms. The van der Waals surface area contributed by atoms with Gasteiger partial charge in [-0.05, 0) is 43.0 Å². The van der Waals surface area contributed by atoms with Gasteiger partial charge in [0.2, 0.25) is 5.95 Å². The lowest BCUT2D eigenvalue weighted by molar-refractivity contribution is 0.458. The van der Waals surface area contributed by atoms with Gasteiger partial charge in [0.1, 0.15) is 0 Å². The van der Waals surface area contributed by atoms with Crippen LogP contribution in [0.5, 0.6) is 0 Å². The van der Waals surface area contributed by atoms with Gasteiger partial charge in [0, 0.05) is 25.8 Å². The molecule has 0 bridgehead atoms. The number of anilines is 2. The minimum absolute atomic E-state index is 0.349. The number of hydrogen-bond acceptors (Lipinski definition) is 4. The van der Waals surface area contributed by atoms with E-state index in [1.165, 1.54) is 15.7 Å². The van der Waals surface area contributed by atoms with Gasteiger partial charge >= 0.3 is 5.69 Å². The molecule has 7 nitrogen and oxygen atoms in total. The number of nitrogens with one attached hydrogen (secondary N) is 1. The molecule has 0 unspecified atom stereocenters. The number of fused-ring (bicyclic) bond motifs is 3. The van der Waals surface area contributed by atoms with E-state index in [2.05, 4.69) is 53.8 Å². The highest BCUT2D eigenvalue weighted by atomic mass is 16.2. The Morgan fingerprint density at radius 2 is 1.80 bits per heavy atom. The Kier molecular flexibility index (Phi) is 3.35. The minimum atomic E-state index is -0.445. The minimum Gasteiger partial charge on any atom is -0.312 e. The van der Waals surface area contributed by atoms with Crippen LogP contribution in [0.1, 0.15) is 18.1 Å². The normalized spacial score (nSPS) is 17.1. The molecule has 0 saturated heterocycles. The maximum absolute atomic E-state index is 12.4. The van der Waals surface area contributed by atoms with Crippen molar-refractivity contribution >= 4 is 22.8 Å². The molecule has 0 saturated carbocycles. The Morgan fingerprint density at radius 1 is 1.12 bits per heavy atom. The molecule has 3 aromatic rings. The first kappa shape index (κ1) is 15.7. The van der Waals surface area contributed by atoms with Crippen molar-refractivity contribution in [1.82, 2.24) is 19.1 Å². The van der Waals surface area contributed by atoms with Crippen molar-refractivity contribution in [3.63, 3.8) is 0 Å². The van der Waals surface area contributed by atoms with E-state index in [4.69, 9.17) is 0 Å². The highest BCUT2D eigenvalue weighted by Gasteiger charge is 2.29. The molecular weight excluding hydrogens is 318 g/mol. The summed E-state index contributed by atoms with van der Waals surface area (Å²) in [7, 11) is 1.63. The second-order valence-electron chi connectivity index (χ2n) is 7.07. The van der Waals surface area contributed by atoms with Crippen molar-refractivity contribution in [2.45, 2.75) is 27.3 Å². The van der Waals surface area contributed by atoms with Gasteiger partial charge in [-0.2, -0.15) is 4.98 Å². The van der Waals surface area contributed by atoms with E-state index in [-0.39, 0.29) is 5.56 Å². The molecule has 0 amide bonds. The summed E-state index contributed by atoms with van der Waals surface area (Å²) in [5.74, 6) is 1.06. The number of nitrogens with zero attached hydrogens (tertiary/aromatic N) is 4. The fraction of sp³-hybridized carbons (Fsp3) is 0.389. The van der Waals surface area contributed by atoms with Crippen LogP contribution >= 0.6 is 0 Å². The fourth-order valence-electron chi connectivity index (χ4n) is 3.69. The number of benzene rings is 1. The average Bonchev–Trinajstić information content (AvgIpc) is 2.90. The predicted molar refractivity (Wildman–Crippen MR) is 97.7 cm³/mol. The SMILES string of the molecule is Cc1cc(C)cc(N2C[C@@H](C)Cn3c2nc2c3c(=O)[nH]c(=O)n2C)c1. The van der Waals surface area contributed by atoms with Gasteiger partial charge in [0.05, 0.1) is 0 Å². The number of aromatic amines is 1. The highest BCUT2D eigenvalue weighted by Crippen LogP contribution is 2.33. The molecule has 1 aliphatic rings. The van der Waals surface area contributed by atoms with Crippen molar-refractivity contribution < 1.29 is 0 Å². The van der Waals surface area contributed by atoms with E-state index in [0.29, 0.717) is 29.6 Å². The molecule has 0 spiro atoms.